The Labute approximate surface area is 80.5 Å². The molecule has 0 spiro atoms. The van der Waals surface area contributed by atoms with Gasteiger partial charge in [-0.3, -0.25) is 0 Å². The predicted octanol–water partition coefficient (Wildman–Crippen LogP) is 2.04. The molecule has 3 heteroatoms. The minimum atomic E-state index is -0.763. The molecule has 0 aliphatic carbocycles. The van der Waals surface area contributed by atoms with E-state index in [-0.39, 0.29) is 23.1 Å². The van der Waals surface area contributed by atoms with Crippen molar-refractivity contribution in [2.24, 2.45) is 0 Å². The second-order valence-electron chi connectivity index (χ2n) is 3.35. The molecule has 0 fully saturated rings. The van der Waals surface area contributed by atoms with Crippen LogP contribution in [0.4, 0.5) is 0 Å². The van der Waals surface area contributed by atoms with Gasteiger partial charge in [-0.15, -0.1) is 11.6 Å². The number of halogens is 1. The first-order valence-corrected chi connectivity index (χ1v) is 7.36. The summed E-state index contributed by atoms with van der Waals surface area (Å²) in [6.45, 7) is 7.12. The summed E-state index contributed by atoms with van der Waals surface area (Å²) in [5.74, 6) is 0.838. The van der Waals surface area contributed by atoms with Crippen molar-refractivity contribution >= 4 is 42.7 Å². The smallest absolute Gasteiger partial charge is 0.127 e. The van der Waals surface area contributed by atoms with E-state index < -0.39 is 8.07 Å². The van der Waals surface area contributed by atoms with Gasteiger partial charge in [-0.1, -0.05) is 25.7 Å². The van der Waals surface area contributed by atoms with Gasteiger partial charge in [0.25, 0.3) is 0 Å². The van der Waals surface area contributed by atoms with Crippen molar-refractivity contribution in [3.05, 3.63) is 0 Å². The highest BCUT2D eigenvalue weighted by Gasteiger charge is 2.10. The van der Waals surface area contributed by atoms with Gasteiger partial charge in [-0.2, -0.15) is 0 Å². The highest BCUT2D eigenvalue weighted by Crippen LogP contribution is 2.10. The van der Waals surface area contributed by atoms with Crippen molar-refractivity contribution in [1.29, 1.82) is 0 Å². The molecule has 9 heavy (non-hydrogen) atoms. The van der Waals surface area contributed by atoms with Crippen LogP contribution in [0.2, 0.25) is 25.7 Å². The number of alkyl halides is 1. The lowest BCUT2D eigenvalue weighted by molar-refractivity contribution is 1.06. The molecule has 0 bridgehead atoms. The van der Waals surface area contributed by atoms with Gasteiger partial charge in [0.05, 0.1) is 0 Å². The Morgan fingerprint density at radius 1 is 1.22 bits per heavy atom. The maximum absolute atomic E-state index is 5.53. The van der Waals surface area contributed by atoms with Gasteiger partial charge in [-0.05, 0) is 6.42 Å². The van der Waals surface area contributed by atoms with Crippen molar-refractivity contribution in [3.63, 3.8) is 0 Å². The summed E-state index contributed by atoms with van der Waals surface area (Å²) in [4.78, 5) is 0. The molecule has 0 atom stereocenters. The molecule has 0 rings (SSSR count). The average molecular weight is 177 g/mol. The molecule has 0 aromatic rings. The Bertz CT molecular complexity index is 60.6. The van der Waals surface area contributed by atoms with Crippen molar-refractivity contribution in [3.8, 4) is 0 Å². The Kier molecular flexibility index (Phi) is 8.62. The van der Waals surface area contributed by atoms with E-state index in [1.54, 1.807) is 0 Å². The quantitative estimate of drug-likeness (QED) is 0.457. The molecular formula is C6H17ClMgSi. The lowest BCUT2D eigenvalue weighted by atomic mass is 10.6. The molecule has 0 aliphatic heterocycles. The number of rotatable bonds is 3. The molecule has 0 nitrogen and oxygen atoms in total. The van der Waals surface area contributed by atoms with Crippen LogP contribution in [0.1, 0.15) is 6.42 Å². The first-order valence-electron chi connectivity index (χ1n) is 3.12. The van der Waals surface area contributed by atoms with Crippen molar-refractivity contribution < 1.29 is 0 Å². The highest BCUT2D eigenvalue weighted by molar-refractivity contribution is 6.76. The molecule has 0 radical (unpaired) electrons. The van der Waals surface area contributed by atoms with Gasteiger partial charge in [0.2, 0.25) is 0 Å². The van der Waals surface area contributed by atoms with Crippen molar-refractivity contribution in [2.45, 2.75) is 32.1 Å². The molecule has 0 unspecified atom stereocenters. The largest absolute Gasteiger partial charge is 0.316 e. The molecule has 0 amide bonds. The Morgan fingerprint density at radius 3 is 1.78 bits per heavy atom. The van der Waals surface area contributed by atoms with Gasteiger partial charge in [0, 0.05) is 14.0 Å². The zero-order chi connectivity index (χ0) is 6.62. The molecule has 0 N–H and O–H groups in total. The van der Waals surface area contributed by atoms with E-state index in [2.05, 4.69) is 19.6 Å². The van der Waals surface area contributed by atoms with Gasteiger partial charge in [0.15, 0.2) is 0 Å². The summed E-state index contributed by atoms with van der Waals surface area (Å²) < 4.78 is 0. The van der Waals surface area contributed by atoms with E-state index in [1.165, 1.54) is 12.5 Å². The summed E-state index contributed by atoms with van der Waals surface area (Å²) in [6.07, 6.45) is 1.21. The van der Waals surface area contributed by atoms with E-state index in [1.807, 2.05) is 0 Å². The standard InChI is InChI=1S/C6H15ClSi.Mg.2H/c1-8(2,3)6-4-5-7;;;/h4-6H2,1-3H3;;;. The van der Waals surface area contributed by atoms with Gasteiger partial charge < -0.3 is 0 Å². The average Bonchev–Trinajstić information content (AvgIpc) is 1.59. The molecule has 0 aromatic heterocycles. The normalized spacial score (nSPS) is 10.7. The van der Waals surface area contributed by atoms with Crippen LogP contribution in [-0.2, 0) is 0 Å². The minimum Gasteiger partial charge on any atom is -0.127 e. The third kappa shape index (κ3) is 12.5. The monoisotopic (exact) mass is 176 g/mol. The molecule has 54 valence electrons. The van der Waals surface area contributed by atoms with Crippen LogP contribution < -0.4 is 0 Å². The Balaban J connectivity index is 0. The summed E-state index contributed by atoms with van der Waals surface area (Å²) >= 11 is 5.53. The molecule has 0 saturated carbocycles. The van der Waals surface area contributed by atoms with E-state index in [9.17, 15) is 0 Å². The van der Waals surface area contributed by atoms with Crippen LogP contribution in [-0.4, -0.2) is 37.0 Å². The lowest BCUT2D eigenvalue weighted by Gasteiger charge is -2.13. The summed E-state index contributed by atoms with van der Waals surface area (Å²) in [6, 6.07) is 1.37. The molecular weight excluding hydrogens is 160 g/mol. The minimum absolute atomic E-state index is 0. The Morgan fingerprint density at radius 2 is 1.67 bits per heavy atom. The highest BCUT2D eigenvalue weighted by atomic mass is 35.5. The van der Waals surface area contributed by atoms with Gasteiger partial charge >= 0.3 is 23.1 Å². The van der Waals surface area contributed by atoms with Crippen LogP contribution in [0.15, 0.2) is 0 Å². The lowest BCUT2D eigenvalue weighted by Crippen LogP contribution is -2.18. The third-order valence-corrected chi connectivity index (χ3v) is 3.18. The molecule has 0 heterocycles. The first kappa shape index (κ1) is 12.9. The van der Waals surface area contributed by atoms with Crippen LogP contribution in [0.3, 0.4) is 0 Å². The fourth-order valence-corrected chi connectivity index (χ4v) is 2.19. The second kappa shape index (κ2) is 6.01. The number of hydrogen-bond donors (Lipinski definition) is 0. The van der Waals surface area contributed by atoms with E-state index in [0.29, 0.717) is 0 Å². The predicted molar refractivity (Wildman–Crippen MR) is 52.0 cm³/mol. The molecule has 0 aliphatic rings. The van der Waals surface area contributed by atoms with Gasteiger partial charge in [-0.25, -0.2) is 0 Å². The fourth-order valence-electron chi connectivity index (χ4n) is 0.597. The van der Waals surface area contributed by atoms with E-state index >= 15 is 0 Å². The van der Waals surface area contributed by atoms with E-state index in [4.69, 9.17) is 11.6 Å². The molecule has 0 saturated heterocycles. The summed E-state index contributed by atoms with van der Waals surface area (Å²) in [5.41, 5.74) is 0. The topological polar surface area (TPSA) is 0 Å². The Hall–Kier alpha value is 1.27. The second-order valence-corrected chi connectivity index (χ2v) is 9.35. The van der Waals surface area contributed by atoms with Gasteiger partial charge in [0.1, 0.15) is 0 Å². The fraction of sp³-hybridized carbons (Fsp3) is 1.00. The maximum Gasteiger partial charge on any atom is 0.316 e. The SMILES string of the molecule is C[Si](C)(C)CCCCl.[MgH2]. The third-order valence-electron chi connectivity index (χ3n) is 1.06. The van der Waals surface area contributed by atoms with Crippen molar-refractivity contribution in [1.82, 2.24) is 0 Å². The van der Waals surface area contributed by atoms with E-state index in [0.717, 1.165) is 5.88 Å². The van der Waals surface area contributed by atoms with Crippen LogP contribution in [0.5, 0.6) is 0 Å². The van der Waals surface area contributed by atoms with Crippen LogP contribution >= 0.6 is 11.6 Å². The van der Waals surface area contributed by atoms with Crippen molar-refractivity contribution in [2.75, 3.05) is 5.88 Å². The first-order chi connectivity index (χ1) is 3.56. The summed E-state index contributed by atoms with van der Waals surface area (Å²) in [7, 11) is -0.763. The zero-order valence-corrected chi connectivity index (χ0v) is 7.76. The molecule has 0 aromatic carbocycles. The van der Waals surface area contributed by atoms with Crippen LogP contribution in [0, 0.1) is 0 Å². The summed E-state index contributed by atoms with van der Waals surface area (Å²) in [5, 5.41) is 0. The maximum atomic E-state index is 5.53. The number of hydrogen-bond acceptors (Lipinski definition) is 0. The zero-order valence-electron chi connectivity index (χ0n) is 6.00. The van der Waals surface area contributed by atoms with Crippen LogP contribution in [0.25, 0.3) is 0 Å².